The van der Waals surface area contributed by atoms with Crippen LogP contribution in [0.3, 0.4) is 0 Å². The topological polar surface area (TPSA) is 121 Å². The van der Waals surface area contributed by atoms with E-state index in [9.17, 15) is 14.9 Å². The molecule has 5 rings (SSSR count). The molecular formula is C23H18ClN7O3S. The van der Waals surface area contributed by atoms with Crippen molar-refractivity contribution in [2.24, 2.45) is 7.05 Å². The second-order valence-electron chi connectivity index (χ2n) is 7.78. The third-order valence-electron chi connectivity index (χ3n) is 5.84. The molecule has 0 aliphatic rings. The van der Waals surface area contributed by atoms with Crippen molar-refractivity contribution in [3.05, 3.63) is 62.4 Å². The number of pyridine rings is 2. The Bertz CT molecular complexity index is 1790. The molecule has 0 spiro atoms. The Balaban J connectivity index is 1.87. The Morgan fingerprint density at radius 1 is 1.23 bits per heavy atom. The van der Waals surface area contributed by atoms with Gasteiger partial charge in [0.05, 0.1) is 54.8 Å². The molecule has 5 heterocycles. The minimum absolute atomic E-state index is 0.0915. The van der Waals surface area contributed by atoms with Crippen molar-refractivity contribution in [3.8, 4) is 27.9 Å². The van der Waals surface area contributed by atoms with Gasteiger partial charge >= 0.3 is 5.69 Å². The summed E-state index contributed by atoms with van der Waals surface area (Å²) in [5.41, 5.74) is 1.64. The summed E-state index contributed by atoms with van der Waals surface area (Å²) in [5, 5.41) is 14.5. The number of fused-ring (bicyclic) bond motifs is 2. The number of aryl methyl sites for hydroxylation is 3. The first-order valence-corrected chi connectivity index (χ1v) is 11.7. The van der Waals surface area contributed by atoms with Gasteiger partial charge in [0, 0.05) is 29.7 Å². The Morgan fingerprint density at radius 3 is 2.77 bits per heavy atom. The Hall–Kier alpha value is -4.01. The molecule has 0 aliphatic carbocycles. The predicted molar refractivity (Wildman–Crippen MR) is 134 cm³/mol. The van der Waals surface area contributed by atoms with Gasteiger partial charge < -0.3 is 4.74 Å². The van der Waals surface area contributed by atoms with Gasteiger partial charge in [-0.25, -0.2) is 14.3 Å². The van der Waals surface area contributed by atoms with Crippen molar-refractivity contribution >= 4 is 44.1 Å². The summed E-state index contributed by atoms with van der Waals surface area (Å²) in [5.74, 6) is 0.506. The quantitative estimate of drug-likeness (QED) is 0.334. The average molecular weight is 508 g/mol. The summed E-state index contributed by atoms with van der Waals surface area (Å²) in [6, 6.07) is 5.52. The summed E-state index contributed by atoms with van der Waals surface area (Å²) in [6.45, 7) is 1.97. The van der Waals surface area contributed by atoms with E-state index in [1.165, 1.54) is 35.4 Å². The lowest BCUT2D eigenvalue weighted by Crippen LogP contribution is -2.38. The summed E-state index contributed by atoms with van der Waals surface area (Å²) >= 11 is 7.54. The molecule has 0 radical (unpaired) electrons. The lowest BCUT2D eigenvalue weighted by molar-refractivity contribution is 0.413. The molecule has 5 aromatic rings. The Kier molecular flexibility index (Phi) is 5.62. The van der Waals surface area contributed by atoms with E-state index in [0.29, 0.717) is 43.0 Å². The summed E-state index contributed by atoms with van der Waals surface area (Å²) in [6.07, 6.45) is 4.66. The van der Waals surface area contributed by atoms with E-state index >= 15 is 0 Å². The minimum atomic E-state index is -0.561. The van der Waals surface area contributed by atoms with E-state index in [1.54, 1.807) is 30.1 Å². The summed E-state index contributed by atoms with van der Waals surface area (Å²) in [4.78, 5) is 36.5. The number of nitriles is 1. The van der Waals surface area contributed by atoms with Gasteiger partial charge in [-0.15, -0.1) is 11.3 Å². The van der Waals surface area contributed by atoms with Crippen LogP contribution in [0.2, 0.25) is 5.15 Å². The van der Waals surface area contributed by atoms with Crippen LogP contribution in [-0.4, -0.2) is 36.0 Å². The maximum absolute atomic E-state index is 13.8. The van der Waals surface area contributed by atoms with Crippen molar-refractivity contribution in [2.75, 3.05) is 7.11 Å². The first kappa shape index (κ1) is 22.8. The molecule has 0 aromatic carbocycles. The molecule has 176 valence electrons. The molecule has 0 amide bonds. The van der Waals surface area contributed by atoms with Crippen LogP contribution in [0.4, 0.5) is 0 Å². The van der Waals surface area contributed by atoms with Gasteiger partial charge in [0.2, 0.25) is 0 Å². The molecule has 5 aromatic heterocycles. The van der Waals surface area contributed by atoms with Gasteiger partial charge in [-0.05, 0) is 19.1 Å². The third-order valence-corrected chi connectivity index (χ3v) is 7.28. The van der Waals surface area contributed by atoms with E-state index in [4.69, 9.17) is 16.3 Å². The SMILES string of the molecule is COc1cnc(Cl)c(-c2cc3c(s2)c(=O)n(-c2cncc4nn(C)c(C)c24)c(=O)n3CCC#N)c1. The maximum atomic E-state index is 13.8. The number of rotatable bonds is 5. The smallest absolute Gasteiger partial charge is 0.336 e. The van der Waals surface area contributed by atoms with Gasteiger partial charge in [-0.3, -0.25) is 19.0 Å². The number of hydrogen-bond acceptors (Lipinski definition) is 8. The van der Waals surface area contributed by atoms with E-state index in [1.807, 2.05) is 6.92 Å². The molecule has 0 bridgehead atoms. The maximum Gasteiger partial charge on any atom is 0.336 e. The Morgan fingerprint density at radius 2 is 2.03 bits per heavy atom. The van der Waals surface area contributed by atoms with Gasteiger partial charge in [0.15, 0.2) is 0 Å². The lowest BCUT2D eigenvalue weighted by atomic mass is 10.2. The molecule has 12 heteroatoms. The highest BCUT2D eigenvalue weighted by molar-refractivity contribution is 7.22. The van der Waals surface area contributed by atoms with E-state index in [0.717, 1.165) is 10.3 Å². The van der Waals surface area contributed by atoms with Crippen LogP contribution in [0.25, 0.3) is 37.2 Å². The fraction of sp³-hybridized carbons (Fsp3) is 0.217. The van der Waals surface area contributed by atoms with Crippen LogP contribution in [0.15, 0.2) is 40.3 Å². The van der Waals surface area contributed by atoms with Crippen molar-refractivity contribution in [2.45, 2.75) is 19.9 Å². The van der Waals surface area contributed by atoms with Gasteiger partial charge in [0.1, 0.15) is 21.1 Å². The largest absolute Gasteiger partial charge is 0.495 e. The van der Waals surface area contributed by atoms with Crippen LogP contribution in [0.5, 0.6) is 5.75 Å². The van der Waals surface area contributed by atoms with Crippen molar-refractivity contribution in [1.29, 1.82) is 5.26 Å². The molecule has 0 N–H and O–H groups in total. The van der Waals surface area contributed by atoms with Crippen LogP contribution in [0, 0.1) is 18.3 Å². The molecule has 0 aliphatic heterocycles. The fourth-order valence-electron chi connectivity index (χ4n) is 4.04. The van der Waals surface area contributed by atoms with Gasteiger partial charge in [0.25, 0.3) is 5.56 Å². The first-order valence-electron chi connectivity index (χ1n) is 10.5. The zero-order valence-electron chi connectivity index (χ0n) is 18.9. The number of halogens is 1. The van der Waals surface area contributed by atoms with E-state index < -0.39 is 11.2 Å². The van der Waals surface area contributed by atoms with Crippen molar-refractivity contribution < 1.29 is 4.74 Å². The summed E-state index contributed by atoms with van der Waals surface area (Å²) < 4.78 is 9.83. The standard InChI is InChI=1S/C23H18ClN7O3S/c1-12-19-15(28-29(12)2)10-26-11-17(19)31-22(32)20-16(30(23(31)33)6-4-5-25)8-18(35-20)14-7-13(34-3)9-27-21(14)24/h7-11H,4,6H2,1-3H3. The molecular weight excluding hydrogens is 490 g/mol. The lowest BCUT2D eigenvalue weighted by Gasteiger charge is -2.11. The molecule has 0 saturated carbocycles. The highest BCUT2D eigenvalue weighted by Crippen LogP contribution is 2.36. The molecule has 0 fully saturated rings. The number of nitrogens with zero attached hydrogens (tertiary/aromatic N) is 7. The van der Waals surface area contributed by atoms with E-state index in [2.05, 4.69) is 21.1 Å². The number of aromatic nitrogens is 6. The number of methoxy groups -OCH3 is 1. The molecule has 0 unspecified atom stereocenters. The zero-order valence-corrected chi connectivity index (χ0v) is 20.5. The molecule has 35 heavy (non-hydrogen) atoms. The van der Waals surface area contributed by atoms with Crippen LogP contribution < -0.4 is 16.0 Å². The number of thiophene rings is 1. The highest BCUT2D eigenvalue weighted by atomic mass is 35.5. The first-order chi connectivity index (χ1) is 16.8. The monoisotopic (exact) mass is 507 g/mol. The van der Waals surface area contributed by atoms with Gasteiger partial charge in [-0.2, -0.15) is 10.4 Å². The highest BCUT2D eigenvalue weighted by Gasteiger charge is 2.22. The minimum Gasteiger partial charge on any atom is -0.495 e. The molecule has 10 nitrogen and oxygen atoms in total. The second kappa shape index (κ2) is 8.65. The van der Waals surface area contributed by atoms with Crippen molar-refractivity contribution in [3.63, 3.8) is 0 Å². The third kappa shape index (κ3) is 3.58. The average Bonchev–Trinajstić information content (AvgIpc) is 3.41. The molecule has 0 saturated heterocycles. The molecule has 0 atom stereocenters. The van der Waals surface area contributed by atoms with Crippen LogP contribution >= 0.6 is 22.9 Å². The van der Waals surface area contributed by atoms with Crippen LogP contribution in [0.1, 0.15) is 12.1 Å². The second-order valence-corrected chi connectivity index (χ2v) is 9.19. The van der Waals surface area contributed by atoms with Crippen LogP contribution in [-0.2, 0) is 13.6 Å². The normalized spacial score (nSPS) is 11.3. The van der Waals surface area contributed by atoms with E-state index in [-0.39, 0.29) is 18.1 Å². The summed E-state index contributed by atoms with van der Waals surface area (Å²) in [7, 11) is 3.31. The van der Waals surface area contributed by atoms with Gasteiger partial charge in [-0.1, -0.05) is 11.6 Å². The predicted octanol–water partition coefficient (Wildman–Crippen LogP) is 3.44. The fourth-order valence-corrected chi connectivity index (χ4v) is 5.41. The van der Waals surface area contributed by atoms with Crippen molar-refractivity contribution in [1.82, 2.24) is 28.9 Å². The zero-order chi connectivity index (χ0) is 24.9. The number of ether oxygens (including phenoxy) is 1. The Labute approximate surface area is 207 Å². The number of hydrogen-bond donors (Lipinski definition) is 0.